The van der Waals surface area contributed by atoms with E-state index < -0.39 is 0 Å². The van der Waals surface area contributed by atoms with E-state index in [1.54, 1.807) is 11.2 Å². The highest BCUT2D eigenvalue weighted by molar-refractivity contribution is 5.79. The molecule has 0 unspecified atom stereocenters. The zero-order valence-electron chi connectivity index (χ0n) is 13.0. The molecule has 0 saturated heterocycles. The van der Waals surface area contributed by atoms with Gasteiger partial charge in [-0.15, -0.1) is 0 Å². The molecule has 0 aromatic carbocycles. The maximum absolute atomic E-state index is 11.8. The number of rotatable bonds is 3. The summed E-state index contributed by atoms with van der Waals surface area (Å²) in [5, 5.41) is 3.39. The van der Waals surface area contributed by atoms with Gasteiger partial charge in [0.2, 0.25) is 5.91 Å². The molecule has 1 N–H and O–H groups in total. The highest BCUT2D eigenvalue weighted by Crippen LogP contribution is 2.31. The van der Waals surface area contributed by atoms with Crippen molar-refractivity contribution in [1.29, 1.82) is 0 Å². The predicted molar refractivity (Wildman–Crippen MR) is 81.7 cm³/mol. The van der Waals surface area contributed by atoms with Gasteiger partial charge in [0.25, 0.3) is 0 Å². The van der Waals surface area contributed by atoms with E-state index in [1.165, 1.54) is 0 Å². The summed E-state index contributed by atoms with van der Waals surface area (Å²) in [7, 11) is 3.62. The maximum atomic E-state index is 11.8. The van der Waals surface area contributed by atoms with Crippen molar-refractivity contribution >= 4 is 11.7 Å². The van der Waals surface area contributed by atoms with Crippen molar-refractivity contribution in [3.8, 4) is 0 Å². The molecule has 0 aliphatic heterocycles. The number of nitrogens with one attached hydrogen (secondary N) is 1. The minimum Gasteiger partial charge on any atom is -0.367 e. The van der Waals surface area contributed by atoms with Gasteiger partial charge in [-0.05, 0) is 12.8 Å². The Labute approximate surface area is 122 Å². The highest BCUT2D eigenvalue weighted by Gasteiger charge is 2.35. The van der Waals surface area contributed by atoms with Gasteiger partial charge < -0.3 is 10.2 Å². The lowest BCUT2D eigenvalue weighted by molar-refractivity contribution is -0.135. The zero-order chi connectivity index (χ0) is 14.9. The third-order valence-electron chi connectivity index (χ3n) is 3.72. The van der Waals surface area contributed by atoms with E-state index >= 15 is 0 Å². The van der Waals surface area contributed by atoms with Crippen molar-refractivity contribution < 1.29 is 6.22 Å². The molecule has 0 radical (unpaired) electrons. The van der Waals surface area contributed by atoms with Crippen LogP contribution in [0, 0.1) is 5.92 Å². The van der Waals surface area contributed by atoms with Crippen LogP contribution in [-0.2, 0) is 10.2 Å². The van der Waals surface area contributed by atoms with E-state index in [0.29, 0.717) is 6.04 Å². The van der Waals surface area contributed by atoms with Crippen LogP contribution in [0.5, 0.6) is 0 Å². The van der Waals surface area contributed by atoms with Crippen molar-refractivity contribution in [2.75, 3.05) is 19.4 Å². The highest BCUT2D eigenvalue weighted by atomic mass is 16.2. The van der Waals surface area contributed by atoms with Gasteiger partial charge in [-0.1, -0.05) is 20.8 Å². The third kappa shape index (κ3) is 3.26. The molecule has 1 saturated carbocycles. The maximum Gasteiger partial charge on any atom is 0.225 e. The van der Waals surface area contributed by atoms with Crippen LogP contribution in [0.25, 0.3) is 0 Å². The fourth-order valence-corrected chi connectivity index (χ4v) is 2.36. The molecule has 5 nitrogen and oxygen atoms in total. The second-order valence-corrected chi connectivity index (χ2v) is 6.78. The van der Waals surface area contributed by atoms with Gasteiger partial charge in [-0.2, -0.15) is 0 Å². The van der Waals surface area contributed by atoms with Crippen molar-refractivity contribution in [3.05, 3.63) is 18.1 Å². The molecule has 0 spiro atoms. The molecule has 5 heteroatoms. The molecular formula is C15H26N4O. The van der Waals surface area contributed by atoms with Crippen LogP contribution in [0.4, 0.5) is 5.82 Å². The first kappa shape index (κ1) is 14.8. The van der Waals surface area contributed by atoms with Crippen LogP contribution < -0.4 is 5.32 Å². The van der Waals surface area contributed by atoms with E-state index in [4.69, 9.17) is 0 Å². The van der Waals surface area contributed by atoms with Gasteiger partial charge in [0.15, 0.2) is 0 Å². The minimum absolute atomic E-state index is 0. The molecule has 2 rings (SSSR count). The summed E-state index contributed by atoms with van der Waals surface area (Å²) in [6, 6.07) is 2.34. The third-order valence-corrected chi connectivity index (χ3v) is 3.72. The van der Waals surface area contributed by atoms with Crippen molar-refractivity contribution in [1.82, 2.24) is 14.9 Å². The molecule has 1 aliphatic carbocycles. The van der Waals surface area contributed by atoms with Gasteiger partial charge in [0, 0.05) is 39.0 Å². The Morgan fingerprint density at radius 3 is 2.55 bits per heavy atom. The monoisotopic (exact) mass is 278 g/mol. The SMILES string of the molecule is CN(C)C(=O)C1CC(Nc2cc(C(C)(C)C)ncn2)C1.[HH]. The number of carbonyl (C=O) groups excluding carboxylic acids is 1. The van der Waals surface area contributed by atoms with Crippen molar-refractivity contribution in [2.45, 2.75) is 45.1 Å². The van der Waals surface area contributed by atoms with Crippen LogP contribution in [-0.4, -0.2) is 40.9 Å². The number of amides is 1. The van der Waals surface area contributed by atoms with Gasteiger partial charge in [0.05, 0.1) is 5.69 Å². The summed E-state index contributed by atoms with van der Waals surface area (Å²) in [5.41, 5.74) is 1.04. The Morgan fingerprint density at radius 1 is 1.35 bits per heavy atom. The lowest BCUT2D eigenvalue weighted by atomic mass is 9.79. The summed E-state index contributed by atoms with van der Waals surface area (Å²) in [6.07, 6.45) is 3.36. The van der Waals surface area contributed by atoms with E-state index in [2.05, 4.69) is 36.1 Å². The van der Waals surface area contributed by atoms with Crippen LogP contribution in [0.1, 0.15) is 40.7 Å². The molecule has 0 bridgehead atoms. The second-order valence-electron chi connectivity index (χ2n) is 6.78. The van der Waals surface area contributed by atoms with E-state index in [0.717, 1.165) is 24.4 Å². The summed E-state index contributed by atoms with van der Waals surface area (Å²) in [4.78, 5) is 22.0. The quantitative estimate of drug-likeness (QED) is 0.921. The van der Waals surface area contributed by atoms with Crippen LogP contribution in [0.15, 0.2) is 12.4 Å². The van der Waals surface area contributed by atoms with Gasteiger partial charge in [-0.25, -0.2) is 9.97 Å². The molecular weight excluding hydrogens is 252 g/mol. The van der Waals surface area contributed by atoms with Gasteiger partial charge in [-0.3, -0.25) is 4.79 Å². The van der Waals surface area contributed by atoms with Crippen LogP contribution in [0.3, 0.4) is 0 Å². The number of hydrogen-bond donors (Lipinski definition) is 1. The fourth-order valence-electron chi connectivity index (χ4n) is 2.36. The average Bonchev–Trinajstić information content (AvgIpc) is 2.31. The zero-order valence-corrected chi connectivity index (χ0v) is 13.0. The molecule has 112 valence electrons. The second kappa shape index (κ2) is 5.38. The molecule has 1 heterocycles. The molecule has 1 aromatic rings. The standard InChI is InChI=1S/C15H24N4O.H2/c1-15(2,3)12-8-13(17-9-16-12)18-11-6-10(7-11)14(20)19(4)5;/h8-11H,6-7H2,1-5H3,(H,16,17,18);1H. The van der Waals surface area contributed by atoms with E-state index in [9.17, 15) is 4.79 Å². The first-order valence-corrected chi connectivity index (χ1v) is 7.07. The summed E-state index contributed by atoms with van der Waals surface area (Å²) in [6.45, 7) is 6.40. The normalized spacial score (nSPS) is 22.1. The lowest BCUT2D eigenvalue weighted by Gasteiger charge is -2.36. The molecule has 1 aliphatic rings. The van der Waals surface area contributed by atoms with Crippen LogP contribution >= 0.6 is 0 Å². The summed E-state index contributed by atoms with van der Waals surface area (Å²) in [5.74, 6) is 1.23. The lowest BCUT2D eigenvalue weighted by Crippen LogP contribution is -2.44. The molecule has 1 fully saturated rings. The van der Waals surface area contributed by atoms with Crippen molar-refractivity contribution in [2.24, 2.45) is 5.92 Å². The Morgan fingerprint density at radius 2 is 2.00 bits per heavy atom. The molecule has 20 heavy (non-hydrogen) atoms. The average molecular weight is 278 g/mol. The smallest absolute Gasteiger partial charge is 0.225 e. The Bertz CT molecular complexity index is 493. The number of anilines is 1. The molecule has 0 atom stereocenters. The summed E-state index contributed by atoms with van der Waals surface area (Å²) < 4.78 is 0. The Balaban J connectivity index is 0.00000220. The Hall–Kier alpha value is -1.65. The topological polar surface area (TPSA) is 58.1 Å². The number of aromatic nitrogens is 2. The first-order valence-electron chi connectivity index (χ1n) is 7.07. The first-order chi connectivity index (χ1) is 9.27. The number of hydrogen-bond acceptors (Lipinski definition) is 4. The number of carbonyl (C=O) groups is 1. The van der Waals surface area contributed by atoms with Crippen LogP contribution in [0.2, 0.25) is 0 Å². The molecule has 1 aromatic heterocycles. The predicted octanol–water partition coefficient (Wildman–Crippen LogP) is 2.30. The van der Waals surface area contributed by atoms with Crippen molar-refractivity contribution in [3.63, 3.8) is 0 Å². The summed E-state index contributed by atoms with van der Waals surface area (Å²) >= 11 is 0. The van der Waals surface area contributed by atoms with Gasteiger partial charge in [0.1, 0.15) is 12.1 Å². The Kier molecular flexibility index (Phi) is 3.97. The largest absolute Gasteiger partial charge is 0.367 e. The van der Waals surface area contributed by atoms with E-state index in [1.807, 2.05) is 20.2 Å². The van der Waals surface area contributed by atoms with Gasteiger partial charge >= 0.3 is 0 Å². The van der Waals surface area contributed by atoms with E-state index in [-0.39, 0.29) is 18.7 Å². The minimum atomic E-state index is 0. The molecule has 1 amide bonds. The fraction of sp³-hybridized carbons (Fsp3) is 0.667. The number of nitrogens with zero attached hydrogens (tertiary/aromatic N) is 3.